The van der Waals surface area contributed by atoms with Crippen molar-refractivity contribution in [1.29, 1.82) is 0 Å². The summed E-state index contributed by atoms with van der Waals surface area (Å²) in [5.41, 5.74) is 3.52. The third-order valence-corrected chi connectivity index (χ3v) is 4.31. The fourth-order valence-electron chi connectivity index (χ4n) is 2.91. The summed E-state index contributed by atoms with van der Waals surface area (Å²) >= 11 is 0. The zero-order chi connectivity index (χ0) is 17.5. The third kappa shape index (κ3) is 4.63. The topological polar surface area (TPSA) is 51.3 Å². The van der Waals surface area contributed by atoms with Crippen molar-refractivity contribution in [3.05, 3.63) is 65.9 Å². The number of H-pyrrole nitrogens is 1. The van der Waals surface area contributed by atoms with E-state index in [0.29, 0.717) is 13.0 Å². The zero-order valence-corrected chi connectivity index (χ0v) is 14.5. The van der Waals surface area contributed by atoms with E-state index in [0.717, 1.165) is 36.1 Å². The quantitative estimate of drug-likeness (QED) is 0.624. The van der Waals surface area contributed by atoms with Crippen LogP contribution in [-0.2, 0) is 22.4 Å². The fourth-order valence-corrected chi connectivity index (χ4v) is 2.91. The Kier molecular flexibility index (Phi) is 5.73. The molecule has 0 bridgehead atoms. The van der Waals surface area contributed by atoms with Gasteiger partial charge < -0.3 is 14.5 Å². The van der Waals surface area contributed by atoms with Gasteiger partial charge in [-0.1, -0.05) is 30.3 Å². The van der Waals surface area contributed by atoms with Crippen molar-refractivity contribution in [2.24, 2.45) is 0 Å². The molecule has 0 saturated heterocycles. The number of rotatable bonds is 8. The molecule has 3 rings (SSSR count). The molecule has 0 saturated carbocycles. The van der Waals surface area contributed by atoms with Gasteiger partial charge >= 0.3 is 5.97 Å². The number of fused-ring (bicyclic) bond motifs is 1. The van der Waals surface area contributed by atoms with Crippen molar-refractivity contribution in [2.45, 2.75) is 25.7 Å². The molecule has 2 aromatic carbocycles. The highest BCUT2D eigenvalue weighted by Crippen LogP contribution is 2.19. The Morgan fingerprint density at radius 1 is 1.04 bits per heavy atom. The lowest BCUT2D eigenvalue weighted by Crippen LogP contribution is -2.08. The van der Waals surface area contributed by atoms with Crippen molar-refractivity contribution >= 4 is 16.9 Å². The van der Waals surface area contributed by atoms with Crippen molar-refractivity contribution < 1.29 is 14.3 Å². The second kappa shape index (κ2) is 8.38. The van der Waals surface area contributed by atoms with E-state index in [9.17, 15) is 4.79 Å². The van der Waals surface area contributed by atoms with Crippen LogP contribution in [0.3, 0.4) is 0 Å². The summed E-state index contributed by atoms with van der Waals surface area (Å²) in [5, 5.41) is 1.23. The SMILES string of the molecule is COc1ccc(CCOC(=O)CCCc2c[nH]c3ccccc23)cc1. The minimum absolute atomic E-state index is 0.131. The Morgan fingerprint density at radius 2 is 1.84 bits per heavy atom. The van der Waals surface area contributed by atoms with Gasteiger partial charge in [0, 0.05) is 29.9 Å². The van der Waals surface area contributed by atoms with E-state index in [4.69, 9.17) is 9.47 Å². The second-order valence-corrected chi connectivity index (χ2v) is 6.03. The van der Waals surface area contributed by atoms with Crippen molar-refractivity contribution in [3.63, 3.8) is 0 Å². The summed E-state index contributed by atoms with van der Waals surface area (Å²) in [5.74, 6) is 0.700. The maximum absolute atomic E-state index is 11.9. The first-order valence-electron chi connectivity index (χ1n) is 8.60. The zero-order valence-electron chi connectivity index (χ0n) is 14.5. The molecule has 0 unspecified atom stereocenters. The number of aromatic nitrogens is 1. The van der Waals surface area contributed by atoms with Gasteiger partial charge in [0.05, 0.1) is 13.7 Å². The Hall–Kier alpha value is -2.75. The summed E-state index contributed by atoms with van der Waals surface area (Å²) in [6.07, 6.45) is 4.86. The minimum Gasteiger partial charge on any atom is -0.497 e. The molecular weight excluding hydrogens is 314 g/mol. The number of hydrogen-bond acceptors (Lipinski definition) is 3. The fraction of sp³-hybridized carbons (Fsp3) is 0.286. The Labute approximate surface area is 147 Å². The normalized spacial score (nSPS) is 10.8. The molecule has 1 aromatic heterocycles. The number of esters is 1. The lowest BCUT2D eigenvalue weighted by molar-refractivity contribution is -0.143. The van der Waals surface area contributed by atoms with Crippen LogP contribution >= 0.6 is 0 Å². The van der Waals surface area contributed by atoms with Gasteiger partial charge in [0.25, 0.3) is 0 Å². The van der Waals surface area contributed by atoms with Crippen LogP contribution in [0.4, 0.5) is 0 Å². The predicted molar refractivity (Wildman–Crippen MR) is 98.9 cm³/mol. The van der Waals surface area contributed by atoms with Crippen LogP contribution in [0.2, 0.25) is 0 Å². The molecule has 0 aliphatic heterocycles. The number of methoxy groups -OCH3 is 1. The van der Waals surface area contributed by atoms with Gasteiger partial charge in [-0.2, -0.15) is 0 Å². The first kappa shape index (κ1) is 17.1. The molecular formula is C21H23NO3. The molecule has 0 spiro atoms. The Morgan fingerprint density at radius 3 is 2.64 bits per heavy atom. The van der Waals surface area contributed by atoms with Crippen molar-refractivity contribution in [2.75, 3.05) is 13.7 Å². The lowest BCUT2D eigenvalue weighted by atomic mass is 10.1. The molecule has 0 aliphatic rings. The van der Waals surface area contributed by atoms with Gasteiger partial charge in [0.15, 0.2) is 0 Å². The highest BCUT2D eigenvalue weighted by Gasteiger charge is 2.06. The Bertz CT molecular complexity index is 821. The molecule has 0 radical (unpaired) electrons. The van der Waals surface area contributed by atoms with E-state index < -0.39 is 0 Å². The summed E-state index contributed by atoms with van der Waals surface area (Å²) < 4.78 is 10.5. The maximum atomic E-state index is 11.9. The number of benzene rings is 2. The molecule has 1 heterocycles. The molecule has 4 nitrogen and oxygen atoms in total. The number of hydrogen-bond donors (Lipinski definition) is 1. The highest BCUT2D eigenvalue weighted by molar-refractivity contribution is 5.83. The number of nitrogens with one attached hydrogen (secondary N) is 1. The second-order valence-electron chi connectivity index (χ2n) is 6.03. The van der Waals surface area contributed by atoms with Crippen LogP contribution in [-0.4, -0.2) is 24.7 Å². The van der Waals surface area contributed by atoms with Crippen LogP contribution in [0.1, 0.15) is 24.0 Å². The van der Waals surface area contributed by atoms with E-state index >= 15 is 0 Å². The van der Waals surface area contributed by atoms with E-state index in [1.165, 1.54) is 10.9 Å². The monoisotopic (exact) mass is 337 g/mol. The smallest absolute Gasteiger partial charge is 0.305 e. The summed E-state index contributed by atoms with van der Waals surface area (Å²) in [6, 6.07) is 16.0. The number of para-hydroxylation sites is 1. The molecule has 0 aliphatic carbocycles. The molecule has 4 heteroatoms. The predicted octanol–water partition coefficient (Wildman–Crippen LogP) is 4.29. The largest absolute Gasteiger partial charge is 0.497 e. The first-order valence-corrected chi connectivity index (χ1v) is 8.60. The van der Waals surface area contributed by atoms with Gasteiger partial charge in [-0.25, -0.2) is 0 Å². The van der Waals surface area contributed by atoms with Crippen LogP contribution in [0, 0.1) is 0 Å². The van der Waals surface area contributed by atoms with Crippen molar-refractivity contribution in [3.8, 4) is 5.75 Å². The van der Waals surface area contributed by atoms with Crippen LogP contribution in [0.15, 0.2) is 54.7 Å². The first-order chi connectivity index (χ1) is 12.3. The van der Waals surface area contributed by atoms with Crippen LogP contribution in [0.25, 0.3) is 10.9 Å². The van der Waals surface area contributed by atoms with Gasteiger partial charge in [0.2, 0.25) is 0 Å². The minimum atomic E-state index is -0.131. The van der Waals surface area contributed by atoms with Gasteiger partial charge in [-0.15, -0.1) is 0 Å². The van der Waals surface area contributed by atoms with Crippen LogP contribution in [0.5, 0.6) is 5.75 Å². The van der Waals surface area contributed by atoms with E-state index in [-0.39, 0.29) is 5.97 Å². The number of ether oxygens (including phenoxy) is 2. The van der Waals surface area contributed by atoms with E-state index in [2.05, 4.69) is 17.1 Å². The van der Waals surface area contributed by atoms with Gasteiger partial charge in [0.1, 0.15) is 5.75 Å². The molecule has 0 fully saturated rings. The highest BCUT2D eigenvalue weighted by atomic mass is 16.5. The third-order valence-electron chi connectivity index (χ3n) is 4.31. The van der Waals surface area contributed by atoms with Crippen molar-refractivity contribution in [1.82, 2.24) is 4.98 Å². The number of aromatic amines is 1. The molecule has 130 valence electrons. The number of aryl methyl sites for hydroxylation is 1. The summed E-state index contributed by atoms with van der Waals surface area (Å²) in [4.78, 5) is 15.1. The van der Waals surface area contributed by atoms with Crippen LogP contribution < -0.4 is 4.74 Å². The maximum Gasteiger partial charge on any atom is 0.305 e. The van der Waals surface area contributed by atoms with E-state index in [1.807, 2.05) is 42.6 Å². The molecule has 3 aromatic rings. The number of carbonyl (C=O) groups excluding carboxylic acids is 1. The van der Waals surface area contributed by atoms with Gasteiger partial charge in [-0.05, 0) is 42.2 Å². The van der Waals surface area contributed by atoms with E-state index in [1.54, 1.807) is 7.11 Å². The summed E-state index contributed by atoms with van der Waals surface area (Å²) in [6.45, 7) is 0.415. The standard InChI is InChI=1S/C21H23NO3/c1-24-18-11-9-16(10-12-18)13-14-25-21(23)8-4-5-17-15-22-20-7-3-2-6-19(17)20/h2-3,6-7,9-12,15,22H,4-5,8,13-14H2,1H3. The van der Waals surface area contributed by atoms with Gasteiger partial charge in [-0.3, -0.25) is 4.79 Å². The Balaban J connectivity index is 1.38. The average Bonchev–Trinajstić information content (AvgIpc) is 3.06. The summed E-state index contributed by atoms with van der Waals surface area (Å²) in [7, 11) is 1.65. The molecule has 1 N–H and O–H groups in total. The molecule has 0 atom stereocenters. The average molecular weight is 337 g/mol. The number of carbonyl (C=O) groups is 1. The molecule has 25 heavy (non-hydrogen) atoms. The molecule has 0 amide bonds. The lowest BCUT2D eigenvalue weighted by Gasteiger charge is -2.06.